The summed E-state index contributed by atoms with van der Waals surface area (Å²) < 4.78 is 4.93. The molecular weight excluding hydrogens is 639 g/mol. The van der Waals surface area contributed by atoms with Crippen LogP contribution in [0.5, 0.6) is 0 Å². The molecule has 0 spiro atoms. The van der Waals surface area contributed by atoms with Crippen LogP contribution in [0.3, 0.4) is 0 Å². The molecule has 3 aromatic heterocycles. The largest absolute Gasteiger partial charge is 0.278 e. The van der Waals surface area contributed by atoms with Crippen LogP contribution >= 0.6 is 11.3 Å². The standard InChI is InChI=1S/C47H31N3S/c1-47(2)38-20-9-6-15-31(38)36-27-42-37(26-39(36)47)32-24-23-29(30-18-12-19-34-33-16-8-11-22-43(33)51-45(30)34)25-41(32)50(42)46-48-40-21-10-7-17-35(40)44(49-46)28-13-4-3-5-14-28/h3-27H,1-2H3. The fourth-order valence-corrected chi connectivity index (χ4v) is 9.79. The second kappa shape index (κ2) is 10.5. The lowest BCUT2D eigenvalue weighted by Gasteiger charge is -2.21. The van der Waals surface area contributed by atoms with E-state index in [4.69, 9.17) is 9.97 Å². The van der Waals surface area contributed by atoms with Gasteiger partial charge in [0.25, 0.3) is 0 Å². The Morgan fingerprint density at radius 3 is 2.12 bits per heavy atom. The van der Waals surface area contributed by atoms with Crippen molar-refractivity contribution in [3.05, 3.63) is 163 Å². The fourth-order valence-electron chi connectivity index (χ4n) is 8.55. The van der Waals surface area contributed by atoms with Gasteiger partial charge in [-0.05, 0) is 63.7 Å². The first-order valence-electron chi connectivity index (χ1n) is 17.5. The Labute approximate surface area is 299 Å². The van der Waals surface area contributed by atoms with Gasteiger partial charge < -0.3 is 0 Å². The highest BCUT2D eigenvalue weighted by atomic mass is 32.1. The Bertz CT molecular complexity index is 3060. The van der Waals surface area contributed by atoms with Crippen LogP contribution in [0, 0.1) is 0 Å². The maximum atomic E-state index is 5.42. The number of thiophene rings is 1. The minimum absolute atomic E-state index is 0.106. The zero-order chi connectivity index (χ0) is 33.8. The van der Waals surface area contributed by atoms with E-state index in [1.807, 2.05) is 11.3 Å². The average molecular weight is 670 g/mol. The Morgan fingerprint density at radius 1 is 0.490 bits per heavy atom. The lowest BCUT2D eigenvalue weighted by Crippen LogP contribution is -2.14. The molecule has 3 nitrogen and oxygen atoms in total. The first kappa shape index (κ1) is 28.7. The summed E-state index contributed by atoms with van der Waals surface area (Å²) in [6.07, 6.45) is 0. The monoisotopic (exact) mass is 669 g/mol. The molecule has 0 radical (unpaired) electrons. The molecule has 0 fully saturated rings. The summed E-state index contributed by atoms with van der Waals surface area (Å²) in [4.78, 5) is 10.7. The van der Waals surface area contributed by atoms with E-state index in [1.54, 1.807) is 0 Å². The Balaban J connectivity index is 1.25. The highest BCUT2D eigenvalue weighted by Gasteiger charge is 2.36. The van der Waals surface area contributed by atoms with Crippen LogP contribution in [0.15, 0.2) is 152 Å². The smallest absolute Gasteiger partial charge is 0.235 e. The number of benzene rings is 7. The molecule has 0 amide bonds. The van der Waals surface area contributed by atoms with Crippen LogP contribution in [-0.2, 0) is 5.41 Å². The molecule has 4 heteroatoms. The molecule has 10 aromatic rings. The third-order valence-corrected chi connectivity index (χ3v) is 12.2. The zero-order valence-corrected chi connectivity index (χ0v) is 29.0. The molecule has 0 saturated carbocycles. The Kier molecular flexibility index (Phi) is 5.89. The van der Waals surface area contributed by atoms with Gasteiger partial charge in [0, 0.05) is 47.3 Å². The van der Waals surface area contributed by atoms with E-state index in [0.717, 1.165) is 33.2 Å². The molecule has 51 heavy (non-hydrogen) atoms. The van der Waals surface area contributed by atoms with Crippen molar-refractivity contribution < 1.29 is 0 Å². The molecule has 0 N–H and O–H groups in total. The van der Waals surface area contributed by atoms with Gasteiger partial charge in [-0.3, -0.25) is 4.57 Å². The molecule has 0 atom stereocenters. The zero-order valence-electron chi connectivity index (χ0n) is 28.2. The summed E-state index contributed by atoms with van der Waals surface area (Å²) >= 11 is 1.87. The molecule has 0 bridgehead atoms. The van der Waals surface area contributed by atoms with Crippen LogP contribution in [-0.4, -0.2) is 14.5 Å². The third kappa shape index (κ3) is 4.05. The van der Waals surface area contributed by atoms with E-state index in [9.17, 15) is 0 Å². The number of rotatable bonds is 3. The van der Waals surface area contributed by atoms with E-state index < -0.39 is 0 Å². The molecule has 0 unspecified atom stereocenters. The normalized spacial score (nSPS) is 13.5. The number of aromatic nitrogens is 3. The number of hydrogen-bond acceptors (Lipinski definition) is 3. The SMILES string of the molecule is CC1(C)c2ccccc2-c2cc3c(cc21)c1ccc(-c2cccc4c2sc2ccccc24)cc1n3-c1nc(-c2ccccc2)c2ccccc2n1. The van der Waals surface area contributed by atoms with Crippen molar-refractivity contribution >= 4 is 64.2 Å². The van der Waals surface area contributed by atoms with Crippen molar-refractivity contribution in [1.29, 1.82) is 0 Å². The molecule has 1 aliphatic carbocycles. The molecule has 0 saturated heterocycles. The molecule has 0 aliphatic heterocycles. The van der Waals surface area contributed by atoms with Gasteiger partial charge in [-0.2, -0.15) is 0 Å². The number of fused-ring (bicyclic) bond motifs is 10. The number of para-hydroxylation sites is 1. The van der Waals surface area contributed by atoms with Gasteiger partial charge in [0.1, 0.15) is 0 Å². The van der Waals surface area contributed by atoms with E-state index >= 15 is 0 Å². The minimum Gasteiger partial charge on any atom is -0.278 e. The molecule has 7 aromatic carbocycles. The van der Waals surface area contributed by atoms with Crippen molar-refractivity contribution in [1.82, 2.24) is 14.5 Å². The topological polar surface area (TPSA) is 30.7 Å². The number of hydrogen-bond donors (Lipinski definition) is 0. The molecule has 3 heterocycles. The predicted octanol–water partition coefficient (Wildman–Crippen LogP) is 12.7. The maximum Gasteiger partial charge on any atom is 0.235 e. The van der Waals surface area contributed by atoms with E-state index in [1.165, 1.54) is 64.3 Å². The summed E-state index contributed by atoms with van der Waals surface area (Å²) in [7, 11) is 0. The lowest BCUT2D eigenvalue weighted by atomic mass is 9.82. The fraction of sp³-hybridized carbons (Fsp3) is 0.0638. The van der Waals surface area contributed by atoms with Crippen molar-refractivity contribution in [2.75, 3.05) is 0 Å². The van der Waals surface area contributed by atoms with Gasteiger partial charge in [0.2, 0.25) is 5.95 Å². The van der Waals surface area contributed by atoms with Crippen LogP contribution in [0.25, 0.3) is 92.3 Å². The van der Waals surface area contributed by atoms with Crippen LogP contribution in [0.2, 0.25) is 0 Å². The van der Waals surface area contributed by atoms with Crippen molar-refractivity contribution in [3.63, 3.8) is 0 Å². The molecule has 240 valence electrons. The average Bonchev–Trinajstić information content (AvgIpc) is 3.79. The second-order valence-electron chi connectivity index (χ2n) is 14.2. The van der Waals surface area contributed by atoms with Gasteiger partial charge in [-0.15, -0.1) is 11.3 Å². The first-order chi connectivity index (χ1) is 25.0. The van der Waals surface area contributed by atoms with Crippen LogP contribution in [0.4, 0.5) is 0 Å². The summed E-state index contributed by atoms with van der Waals surface area (Å²) in [6, 6.07) is 55.0. The Morgan fingerprint density at radius 2 is 1.22 bits per heavy atom. The van der Waals surface area contributed by atoms with Gasteiger partial charge >= 0.3 is 0 Å². The quantitative estimate of drug-likeness (QED) is 0.187. The molecular formula is C47H31N3S. The van der Waals surface area contributed by atoms with Crippen molar-refractivity contribution in [3.8, 4) is 39.5 Å². The van der Waals surface area contributed by atoms with E-state index in [2.05, 4.69) is 170 Å². The van der Waals surface area contributed by atoms with Crippen LogP contribution in [0.1, 0.15) is 25.0 Å². The highest BCUT2D eigenvalue weighted by molar-refractivity contribution is 7.26. The van der Waals surface area contributed by atoms with Gasteiger partial charge in [0.05, 0.1) is 22.2 Å². The summed E-state index contributed by atoms with van der Waals surface area (Å²) in [5.41, 5.74) is 12.8. The second-order valence-corrected chi connectivity index (χ2v) is 15.2. The third-order valence-electron chi connectivity index (χ3n) is 11.0. The van der Waals surface area contributed by atoms with E-state index in [-0.39, 0.29) is 5.41 Å². The van der Waals surface area contributed by atoms with Crippen molar-refractivity contribution in [2.45, 2.75) is 19.3 Å². The van der Waals surface area contributed by atoms with Crippen LogP contribution < -0.4 is 0 Å². The summed E-state index contributed by atoms with van der Waals surface area (Å²) in [5, 5.41) is 6.07. The molecule has 11 rings (SSSR count). The highest BCUT2D eigenvalue weighted by Crippen LogP contribution is 2.51. The maximum absolute atomic E-state index is 5.42. The Hall–Kier alpha value is -6.10. The summed E-state index contributed by atoms with van der Waals surface area (Å²) in [6.45, 7) is 4.70. The lowest BCUT2D eigenvalue weighted by molar-refractivity contribution is 0.661. The van der Waals surface area contributed by atoms with E-state index in [0.29, 0.717) is 5.95 Å². The number of nitrogens with zero attached hydrogens (tertiary/aromatic N) is 3. The predicted molar refractivity (Wildman–Crippen MR) is 215 cm³/mol. The van der Waals surface area contributed by atoms with Crippen molar-refractivity contribution in [2.24, 2.45) is 0 Å². The van der Waals surface area contributed by atoms with Gasteiger partial charge in [0.15, 0.2) is 0 Å². The van der Waals surface area contributed by atoms with Gasteiger partial charge in [-0.1, -0.05) is 135 Å². The summed E-state index contributed by atoms with van der Waals surface area (Å²) in [5.74, 6) is 0.676. The first-order valence-corrected chi connectivity index (χ1v) is 18.3. The minimum atomic E-state index is -0.106. The molecule has 1 aliphatic rings. The van der Waals surface area contributed by atoms with Gasteiger partial charge in [-0.25, -0.2) is 9.97 Å².